The van der Waals surface area contributed by atoms with E-state index >= 15 is 0 Å². The average molecular weight is 309 g/mol. The molecule has 0 heterocycles. The molecule has 0 atom stereocenters. The first-order valence-electron chi connectivity index (χ1n) is 6.48. The van der Waals surface area contributed by atoms with Crippen LogP contribution >= 0.6 is 0 Å². The molecule has 2 aromatic carbocycles. The highest BCUT2D eigenvalue weighted by Gasteiger charge is 2.29. The summed E-state index contributed by atoms with van der Waals surface area (Å²) in [5.41, 5.74) is 1.11. The van der Waals surface area contributed by atoms with Crippen molar-refractivity contribution >= 4 is 11.7 Å². The molecule has 0 aromatic heterocycles. The van der Waals surface area contributed by atoms with Crippen LogP contribution in [0.4, 0.5) is 18.9 Å². The molecule has 0 saturated heterocycles. The summed E-state index contributed by atoms with van der Waals surface area (Å²) in [5, 5.41) is 3.05. The van der Waals surface area contributed by atoms with Gasteiger partial charge in [-0.3, -0.25) is 0 Å². The number of methoxy groups -OCH3 is 1. The van der Waals surface area contributed by atoms with Crippen LogP contribution in [-0.2, 0) is 17.5 Å². The highest BCUT2D eigenvalue weighted by Crippen LogP contribution is 2.29. The van der Waals surface area contributed by atoms with E-state index in [0.717, 1.165) is 12.1 Å². The molecule has 3 nitrogen and oxygen atoms in total. The molecular weight excluding hydrogens is 295 g/mol. The molecule has 0 bridgehead atoms. The predicted molar refractivity (Wildman–Crippen MR) is 76.6 cm³/mol. The van der Waals surface area contributed by atoms with Crippen molar-refractivity contribution in [1.82, 2.24) is 0 Å². The van der Waals surface area contributed by atoms with Crippen molar-refractivity contribution in [1.29, 1.82) is 0 Å². The SMILES string of the molecule is COC(=O)c1cccc(NCc2ccc(C(F)(F)F)cc2)c1. The number of halogens is 3. The molecule has 0 amide bonds. The predicted octanol–water partition coefficient (Wildman–Crippen LogP) is 4.10. The number of anilines is 1. The van der Waals surface area contributed by atoms with Crippen molar-refractivity contribution in [3.05, 3.63) is 65.2 Å². The number of carbonyl (C=O) groups is 1. The van der Waals surface area contributed by atoms with Gasteiger partial charge in [0.2, 0.25) is 0 Å². The third kappa shape index (κ3) is 4.00. The van der Waals surface area contributed by atoms with Gasteiger partial charge in [0.15, 0.2) is 0 Å². The lowest BCUT2D eigenvalue weighted by molar-refractivity contribution is -0.137. The zero-order valence-electron chi connectivity index (χ0n) is 11.8. The molecule has 0 radical (unpaired) electrons. The lowest BCUT2D eigenvalue weighted by Gasteiger charge is -2.10. The quantitative estimate of drug-likeness (QED) is 0.864. The third-order valence-corrected chi connectivity index (χ3v) is 3.06. The number of benzene rings is 2. The Balaban J connectivity index is 2.03. The second-order valence-corrected chi connectivity index (χ2v) is 4.62. The molecule has 0 fully saturated rings. The Morgan fingerprint density at radius 2 is 1.82 bits per heavy atom. The van der Waals surface area contributed by atoms with Gasteiger partial charge in [-0.15, -0.1) is 0 Å². The molecule has 0 spiro atoms. The Kier molecular flexibility index (Phi) is 4.70. The summed E-state index contributed by atoms with van der Waals surface area (Å²) in [6, 6.07) is 11.6. The second kappa shape index (κ2) is 6.51. The molecule has 6 heteroatoms. The number of nitrogens with one attached hydrogen (secondary N) is 1. The van der Waals surface area contributed by atoms with Gasteiger partial charge < -0.3 is 10.1 Å². The van der Waals surface area contributed by atoms with E-state index in [0.29, 0.717) is 23.4 Å². The fraction of sp³-hybridized carbons (Fsp3) is 0.188. The topological polar surface area (TPSA) is 38.3 Å². The molecule has 0 aliphatic rings. The van der Waals surface area contributed by atoms with Crippen molar-refractivity contribution in [3.8, 4) is 0 Å². The summed E-state index contributed by atoms with van der Waals surface area (Å²) in [6.45, 7) is 0.350. The van der Waals surface area contributed by atoms with E-state index in [-0.39, 0.29) is 0 Å². The molecule has 1 N–H and O–H groups in total. The second-order valence-electron chi connectivity index (χ2n) is 4.62. The number of ether oxygens (including phenoxy) is 1. The fourth-order valence-electron chi connectivity index (χ4n) is 1.89. The largest absolute Gasteiger partial charge is 0.465 e. The van der Waals surface area contributed by atoms with Crippen molar-refractivity contribution in [2.45, 2.75) is 12.7 Å². The van der Waals surface area contributed by atoms with Crippen molar-refractivity contribution < 1.29 is 22.7 Å². The summed E-state index contributed by atoms with van der Waals surface area (Å²) in [7, 11) is 1.30. The number of carbonyl (C=O) groups excluding carboxylic acids is 1. The standard InChI is InChI=1S/C16H14F3NO2/c1-22-15(21)12-3-2-4-14(9-12)20-10-11-5-7-13(8-6-11)16(17,18)19/h2-9,20H,10H2,1H3. The normalized spacial score (nSPS) is 11.1. The smallest absolute Gasteiger partial charge is 0.416 e. The monoisotopic (exact) mass is 309 g/mol. The first-order chi connectivity index (χ1) is 10.4. The van der Waals surface area contributed by atoms with Crippen LogP contribution in [0.25, 0.3) is 0 Å². The Labute approximate surface area is 125 Å². The maximum atomic E-state index is 12.5. The van der Waals surface area contributed by atoms with Gasteiger partial charge in [0.1, 0.15) is 0 Å². The summed E-state index contributed by atoms with van der Waals surface area (Å²) >= 11 is 0. The maximum absolute atomic E-state index is 12.5. The van der Waals surface area contributed by atoms with E-state index in [1.165, 1.54) is 19.2 Å². The number of hydrogen-bond donors (Lipinski definition) is 1. The zero-order valence-corrected chi connectivity index (χ0v) is 11.8. The Morgan fingerprint density at radius 3 is 2.41 bits per heavy atom. The summed E-state index contributed by atoms with van der Waals surface area (Å²) in [5.74, 6) is -0.446. The lowest BCUT2D eigenvalue weighted by atomic mass is 10.1. The Bertz CT molecular complexity index is 651. The van der Waals surface area contributed by atoms with E-state index in [9.17, 15) is 18.0 Å². The van der Waals surface area contributed by atoms with E-state index in [2.05, 4.69) is 10.1 Å². The minimum Gasteiger partial charge on any atom is -0.465 e. The molecule has 0 aliphatic carbocycles. The first-order valence-corrected chi connectivity index (χ1v) is 6.48. The van der Waals surface area contributed by atoms with Crippen molar-refractivity contribution in [2.75, 3.05) is 12.4 Å². The van der Waals surface area contributed by atoms with Crippen LogP contribution < -0.4 is 5.32 Å². The van der Waals surface area contributed by atoms with Crippen LogP contribution in [0.2, 0.25) is 0 Å². The highest BCUT2D eigenvalue weighted by molar-refractivity contribution is 5.90. The van der Waals surface area contributed by atoms with E-state index < -0.39 is 17.7 Å². The van der Waals surface area contributed by atoms with Gasteiger partial charge in [-0.1, -0.05) is 18.2 Å². The van der Waals surface area contributed by atoms with Gasteiger partial charge >= 0.3 is 12.1 Å². The van der Waals surface area contributed by atoms with E-state index in [4.69, 9.17) is 0 Å². The highest BCUT2D eigenvalue weighted by atomic mass is 19.4. The van der Waals surface area contributed by atoms with E-state index in [1.54, 1.807) is 24.3 Å². The maximum Gasteiger partial charge on any atom is 0.416 e. The molecule has 22 heavy (non-hydrogen) atoms. The molecule has 0 unspecified atom stereocenters. The molecular formula is C16H14F3NO2. The van der Waals surface area contributed by atoms with Gasteiger partial charge in [-0.25, -0.2) is 4.79 Å². The minimum atomic E-state index is -4.33. The lowest BCUT2D eigenvalue weighted by Crippen LogP contribution is -2.06. The van der Waals surface area contributed by atoms with Crippen LogP contribution in [0.15, 0.2) is 48.5 Å². The Morgan fingerprint density at radius 1 is 1.14 bits per heavy atom. The summed E-state index contributed by atoms with van der Waals surface area (Å²) < 4.78 is 42.0. The number of rotatable bonds is 4. The number of alkyl halides is 3. The molecule has 0 saturated carbocycles. The van der Waals surface area contributed by atoms with Gasteiger partial charge in [0.05, 0.1) is 18.2 Å². The van der Waals surface area contributed by atoms with Gasteiger partial charge in [0, 0.05) is 12.2 Å². The molecule has 2 aromatic rings. The van der Waals surface area contributed by atoms with Gasteiger partial charge in [-0.05, 0) is 35.9 Å². The van der Waals surface area contributed by atoms with Crippen molar-refractivity contribution in [2.24, 2.45) is 0 Å². The van der Waals surface area contributed by atoms with E-state index in [1.807, 2.05) is 0 Å². The van der Waals surface area contributed by atoms with Crippen LogP contribution in [0.3, 0.4) is 0 Å². The zero-order chi connectivity index (χ0) is 16.2. The van der Waals surface area contributed by atoms with Crippen LogP contribution in [0.1, 0.15) is 21.5 Å². The van der Waals surface area contributed by atoms with Gasteiger partial charge in [0.25, 0.3) is 0 Å². The summed E-state index contributed by atoms with van der Waals surface area (Å²) in [6.07, 6.45) is -4.33. The average Bonchev–Trinajstić information content (AvgIpc) is 2.52. The van der Waals surface area contributed by atoms with Crippen LogP contribution in [0.5, 0.6) is 0 Å². The molecule has 2 rings (SSSR count). The van der Waals surface area contributed by atoms with Gasteiger partial charge in [-0.2, -0.15) is 13.2 Å². The van der Waals surface area contributed by atoms with Crippen LogP contribution in [0, 0.1) is 0 Å². The number of hydrogen-bond acceptors (Lipinski definition) is 3. The summed E-state index contributed by atoms with van der Waals surface area (Å²) in [4.78, 5) is 11.4. The minimum absolute atomic E-state index is 0.350. The number of esters is 1. The molecule has 0 aliphatic heterocycles. The first kappa shape index (κ1) is 15.9. The van der Waals surface area contributed by atoms with Crippen molar-refractivity contribution in [3.63, 3.8) is 0 Å². The van der Waals surface area contributed by atoms with Crippen LogP contribution in [-0.4, -0.2) is 13.1 Å². The Hall–Kier alpha value is -2.50. The third-order valence-electron chi connectivity index (χ3n) is 3.06. The fourth-order valence-corrected chi connectivity index (χ4v) is 1.89. The molecule has 116 valence electrons.